The smallest absolute Gasteiger partial charge is 0.244 e. The number of sulfonamides is 1. The Hall–Kier alpha value is -2.29. The predicted octanol–water partition coefficient (Wildman–Crippen LogP) is 3.36. The van der Waals surface area contributed by atoms with Gasteiger partial charge >= 0.3 is 0 Å². The van der Waals surface area contributed by atoms with Crippen molar-refractivity contribution in [3.63, 3.8) is 0 Å². The van der Waals surface area contributed by atoms with Crippen LogP contribution in [0.1, 0.15) is 19.4 Å². The number of likely N-dealkylation sites (N-methyl/N-ethyl adjacent to an activating group) is 1. The van der Waals surface area contributed by atoms with Crippen LogP contribution in [0.2, 0.25) is 10.0 Å². The Labute approximate surface area is 199 Å². The Balaban J connectivity index is 2.33. The first-order valence-corrected chi connectivity index (χ1v) is 12.7. The molecule has 0 aliphatic rings. The van der Waals surface area contributed by atoms with Crippen LogP contribution in [0.5, 0.6) is 0 Å². The lowest BCUT2D eigenvalue weighted by Gasteiger charge is -2.31. The van der Waals surface area contributed by atoms with E-state index in [9.17, 15) is 18.0 Å². The van der Waals surface area contributed by atoms with Crippen molar-refractivity contribution in [1.29, 1.82) is 0 Å². The summed E-state index contributed by atoms with van der Waals surface area (Å²) in [6.07, 6.45) is 1.51. The first kappa shape index (κ1) is 26.0. The minimum absolute atomic E-state index is 0.173. The molecule has 0 saturated carbocycles. The lowest BCUT2D eigenvalue weighted by atomic mass is 10.1. The third kappa shape index (κ3) is 7.39. The van der Waals surface area contributed by atoms with Crippen molar-refractivity contribution in [2.75, 3.05) is 30.2 Å². The van der Waals surface area contributed by atoms with Gasteiger partial charge in [0.05, 0.1) is 11.9 Å². The molecule has 0 heterocycles. The fourth-order valence-corrected chi connectivity index (χ4v) is 4.54. The molecule has 2 aromatic rings. The van der Waals surface area contributed by atoms with Crippen molar-refractivity contribution in [2.45, 2.75) is 26.3 Å². The van der Waals surface area contributed by atoms with Crippen LogP contribution in [-0.4, -0.2) is 57.1 Å². The van der Waals surface area contributed by atoms with E-state index in [0.717, 1.165) is 16.1 Å². The van der Waals surface area contributed by atoms with Crippen LogP contribution in [0, 0.1) is 0 Å². The number of nitrogens with zero attached hydrogens (tertiary/aromatic N) is 2. The van der Waals surface area contributed by atoms with Crippen LogP contribution < -0.4 is 9.62 Å². The summed E-state index contributed by atoms with van der Waals surface area (Å²) < 4.78 is 25.9. The van der Waals surface area contributed by atoms with Crippen LogP contribution >= 0.6 is 23.2 Å². The molecule has 2 aromatic carbocycles. The second-order valence-corrected chi connectivity index (χ2v) is 10.1. The molecule has 174 valence electrons. The third-order valence-corrected chi connectivity index (χ3v) is 6.39. The summed E-state index contributed by atoms with van der Waals surface area (Å²) in [5.41, 5.74) is 1.17. The minimum atomic E-state index is -3.84. The molecule has 10 heteroatoms. The molecule has 0 aromatic heterocycles. The quantitative estimate of drug-likeness (QED) is 0.542. The summed E-state index contributed by atoms with van der Waals surface area (Å²) in [5.74, 6) is -0.827. The van der Waals surface area contributed by atoms with Crippen LogP contribution in [0.25, 0.3) is 0 Å². The highest BCUT2D eigenvalue weighted by Gasteiger charge is 2.29. The molecule has 0 bridgehead atoms. The molecule has 1 atom stereocenters. The average Bonchev–Trinajstić information content (AvgIpc) is 2.71. The van der Waals surface area contributed by atoms with Crippen LogP contribution in [0.15, 0.2) is 48.5 Å². The maximum absolute atomic E-state index is 13.3. The Morgan fingerprint density at radius 2 is 1.66 bits per heavy atom. The average molecular weight is 500 g/mol. The maximum atomic E-state index is 13.3. The largest absolute Gasteiger partial charge is 0.355 e. The summed E-state index contributed by atoms with van der Waals surface area (Å²) in [5, 5.41) is 3.19. The number of nitrogens with one attached hydrogen (secondary N) is 1. The molecule has 0 spiro atoms. The summed E-state index contributed by atoms with van der Waals surface area (Å²) in [6, 6.07) is 13.1. The highest BCUT2D eigenvalue weighted by molar-refractivity contribution is 7.92. The van der Waals surface area contributed by atoms with Crippen molar-refractivity contribution in [1.82, 2.24) is 10.2 Å². The SMILES string of the molecule is CCNC(=O)[C@@H](C)N(CCc1ccccc1)C(=O)CN(c1cc(Cl)cc(Cl)c1)S(C)(=O)=O. The molecule has 1 N–H and O–H groups in total. The highest BCUT2D eigenvalue weighted by atomic mass is 35.5. The third-order valence-electron chi connectivity index (χ3n) is 4.82. The van der Waals surface area contributed by atoms with Gasteiger partial charge in [-0.2, -0.15) is 0 Å². The van der Waals surface area contributed by atoms with Gasteiger partial charge in [0.2, 0.25) is 21.8 Å². The lowest BCUT2D eigenvalue weighted by molar-refractivity contribution is -0.138. The molecule has 0 aliphatic carbocycles. The molecular weight excluding hydrogens is 473 g/mol. The van der Waals surface area contributed by atoms with Crippen molar-refractivity contribution in [3.05, 3.63) is 64.1 Å². The topological polar surface area (TPSA) is 86.8 Å². The monoisotopic (exact) mass is 499 g/mol. The van der Waals surface area contributed by atoms with E-state index in [1.807, 2.05) is 30.3 Å². The van der Waals surface area contributed by atoms with Crippen molar-refractivity contribution >= 4 is 50.7 Å². The Morgan fingerprint density at radius 1 is 1.06 bits per heavy atom. The number of halogens is 2. The van der Waals surface area contributed by atoms with Gasteiger partial charge in [-0.15, -0.1) is 0 Å². The molecule has 0 radical (unpaired) electrons. The fraction of sp³-hybridized carbons (Fsp3) is 0.364. The van der Waals surface area contributed by atoms with Gasteiger partial charge in [0.15, 0.2) is 0 Å². The van der Waals surface area contributed by atoms with Gasteiger partial charge in [-0.1, -0.05) is 53.5 Å². The van der Waals surface area contributed by atoms with Gasteiger partial charge in [-0.05, 0) is 44.0 Å². The standard InChI is InChI=1S/C22H27Cl2N3O4S/c1-4-25-22(29)16(2)26(11-10-17-8-6-5-7-9-17)21(28)15-27(32(3,30)31)20-13-18(23)12-19(24)14-20/h5-9,12-14,16H,4,10-11,15H2,1-3H3,(H,25,29)/t16-/m1/s1. The first-order chi connectivity index (χ1) is 15.0. The van der Waals surface area contributed by atoms with E-state index in [4.69, 9.17) is 23.2 Å². The van der Waals surface area contributed by atoms with Gasteiger partial charge in [-0.3, -0.25) is 13.9 Å². The van der Waals surface area contributed by atoms with Crippen LogP contribution in [0.4, 0.5) is 5.69 Å². The Morgan fingerprint density at radius 3 is 2.19 bits per heavy atom. The highest BCUT2D eigenvalue weighted by Crippen LogP contribution is 2.27. The summed E-state index contributed by atoms with van der Waals surface area (Å²) in [4.78, 5) is 27.2. The van der Waals surface area contributed by atoms with Crippen molar-refractivity contribution in [2.24, 2.45) is 0 Å². The van der Waals surface area contributed by atoms with E-state index in [1.54, 1.807) is 13.8 Å². The van der Waals surface area contributed by atoms with Crippen molar-refractivity contribution in [3.8, 4) is 0 Å². The first-order valence-electron chi connectivity index (χ1n) is 10.1. The van der Waals surface area contributed by atoms with Crippen LogP contribution in [0.3, 0.4) is 0 Å². The van der Waals surface area contributed by atoms with E-state index in [2.05, 4.69) is 5.32 Å². The van der Waals surface area contributed by atoms with Gasteiger partial charge in [0.25, 0.3) is 0 Å². The number of hydrogen-bond acceptors (Lipinski definition) is 4. The summed E-state index contributed by atoms with van der Waals surface area (Å²) in [7, 11) is -3.84. The molecule has 2 rings (SSSR count). The van der Waals surface area contributed by atoms with Crippen LogP contribution in [-0.2, 0) is 26.0 Å². The molecule has 0 fully saturated rings. The zero-order chi connectivity index (χ0) is 23.9. The number of carbonyl (C=O) groups is 2. The Bertz CT molecular complexity index is 1030. The minimum Gasteiger partial charge on any atom is -0.355 e. The number of benzene rings is 2. The van der Waals surface area contributed by atoms with Gasteiger partial charge < -0.3 is 10.2 Å². The van der Waals surface area contributed by atoms with E-state index < -0.39 is 28.5 Å². The fourth-order valence-electron chi connectivity index (χ4n) is 3.19. The van der Waals surface area contributed by atoms with E-state index in [1.165, 1.54) is 23.1 Å². The second-order valence-electron chi connectivity index (χ2n) is 7.29. The molecule has 0 saturated heterocycles. The van der Waals surface area contributed by atoms with E-state index in [0.29, 0.717) is 13.0 Å². The lowest BCUT2D eigenvalue weighted by Crippen LogP contribution is -2.52. The second kappa shape index (κ2) is 11.5. The van der Waals surface area contributed by atoms with Crippen molar-refractivity contribution < 1.29 is 18.0 Å². The van der Waals surface area contributed by atoms with E-state index >= 15 is 0 Å². The Kier molecular flexibility index (Phi) is 9.36. The normalized spacial score (nSPS) is 12.2. The predicted molar refractivity (Wildman–Crippen MR) is 129 cm³/mol. The zero-order valence-electron chi connectivity index (χ0n) is 18.2. The van der Waals surface area contributed by atoms with Gasteiger partial charge in [-0.25, -0.2) is 8.42 Å². The molecule has 2 amide bonds. The molecular formula is C22H27Cl2N3O4S. The summed E-state index contributed by atoms with van der Waals surface area (Å²) >= 11 is 12.1. The molecule has 32 heavy (non-hydrogen) atoms. The number of amides is 2. The number of rotatable bonds is 10. The number of carbonyl (C=O) groups excluding carboxylic acids is 2. The molecule has 7 nitrogen and oxygen atoms in total. The van der Waals surface area contributed by atoms with Gasteiger partial charge in [0, 0.05) is 23.1 Å². The molecule has 0 aliphatic heterocycles. The zero-order valence-corrected chi connectivity index (χ0v) is 20.5. The summed E-state index contributed by atoms with van der Waals surface area (Å²) in [6.45, 7) is 3.58. The van der Waals surface area contributed by atoms with E-state index in [-0.39, 0.29) is 28.2 Å². The molecule has 0 unspecified atom stereocenters. The number of anilines is 1. The maximum Gasteiger partial charge on any atom is 0.244 e. The van der Waals surface area contributed by atoms with Gasteiger partial charge in [0.1, 0.15) is 12.6 Å². The number of hydrogen-bond donors (Lipinski definition) is 1.